The molecule has 0 heterocycles. The molecule has 0 aliphatic carbocycles. The Kier molecular flexibility index (Phi) is 5.97. The van der Waals surface area contributed by atoms with Crippen molar-refractivity contribution in [1.82, 2.24) is 0 Å². The molecule has 0 spiro atoms. The van der Waals surface area contributed by atoms with Crippen LogP contribution in [0.15, 0.2) is 30.3 Å². The molecule has 19 heavy (non-hydrogen) atoms. The third-order valence-corrected chi connectivity index (χ3v) is 3.73. The Hall–Kier alpha value is -0.910. The first-order chi connectivity index (χ1) is 8.89. The second-order valence-electron chi connectivity index (χ2n) is 4.51. The van der Waals surface area contributed by atoms with Crippen molar-refractivity contribution in [3.05, 3.63) is 35.9 Å². The molecule has 0 radical (unpaired) electrons. The number of alkyl halides is 1. The van der Waals surface area contributed by atoms with Crippen LogP contribution in [0.4, 0.5) is 0 Å². The van der Waals surface area contributed by atoms with E-state index in [-0.39, 0.29) is 0 Å². The van der Waals surface area contributed by atoms with Gasteiger partial charge in [-0.3, -0.25) is 4.79 Å². The topological polar surface area (TPSA) is 55.8 Å². The smallest absolute Gasteiger partial charge is 0.325 e. The number of aliphatic hydroxyl groups is 1. The summed E-state index contributed by atoms with van der Waals surface area (Å²) >= 11 is 3.20. The molecule has 0 saturated heterocycles. The SMILES string of the molecule is COC(=O)C(C)(Br)[C@H](O)[C@H](C)OCc1ccccc1. The standard InChI is InChI=1S/C14H19BrO4/c1-10(12(16)14(2,15)13(17)18-3)19-9-11-7-5-4-6-8-11/h4-8,10,12,16H,9H2,1-3H3/t10-,12+,14?/m0/s1. The number of methoxy groups -OCH3 is 1. The summed E-state index contributed by atoms with van der Waals surface area (Å²) in [6, 6.07) is 9.64. The van der Waals surface area contributed by atoms with Gasteiger partial charge in [0.05, 0.1) is 19.8 Å². The molecule has 3 atom stereocenters. The molecule has 1 aromatic carbocycles. The Bertz CT molecular complexity index is 405. The number of carbonyl (C=O) groups is 1. The number of carbonyl (C=O) groups excluding carboxylic acids is 1. The number of aliphatic hydroxyl groups excluding tert-OH is 1. The van der Waals surface area contributed by atoms with Crippen LogP contribution in [-0.4, -0.2) is 34.7 Å². The summed E-state index contributed by atoms with van der Waals surface area (Å²) in [6.45, 7) is 3.66. The summed E-state index contributed by atoms with van der Waals surface area (Å²) in [7, 11) is 1.28. The van der Waals surface area contributed by atoms with Crippen LogP contribution >= 0.6 is 15.9 Å². The maximum atomic E-state index is 11.6. The van der Waals surface area contributed by atoms with Crippen LogP contribution in [0.25, 0.3) is 0 Å². The minimum Gasteiger partial charge on any atom is -0.468 e. The largest absolute Gasteiger partial charge is 0.468 e. The van der Waals surface area contributed by atoms with Gasteiger partial charge in [-0.15, -0.1) is 0 Å². The number of hydrogen-bond donors (Lipinski definition) is 1. The first kappa shape index (κ1) is 16.1. The summed E-state index contributed by atoms with van der Waals surface area (Å²) in [5.74, 6) is -0.532. The zero-order valence-corrected chi connectivity index (χ0v) is 12.9. The number of halogens is 1. The lowest BCUT2D eigenvalue weighted by Crippen LogP contribution is -2.48. The second kappa shape index (κ2) is 7.03. The highest BCUT2D eigenvalue weighted by atomic mass is 79.9. The Morgan fingerprint density at radius 3 is 2.53 bits per heavy atom. The van der Waals surface area contributed by atoms with Crippen molar-refractivity contribution in [3.63, 3.8) is 0 Å². The predicted octanol–water partition coefficient (Wildman–Crippen LogP) is 2.28. The Morgan fingerprint density at radius 1 is 1.42 bits per heavy atom. The zero-order chi connectivity index (χ0) is 14.5. The average molecular weight is 331 g/mol. The Balaban J connectivity index is 2.58. The summed E-state index contributed by atoms with van der Waals surface area (Å²) in [5.41, 5.74) is 1.01. The van der Waals surface area contributed by atoms with Gasteiger partial charge in [0.15, 0.2) is 0 Å². The molecule has 0 fully saturated rings. The molecule has 1 N–H and O–H groups in total. The van der Waals surface area contributed by atoms with Gasteiger partial charge >= 0.3 is 5.97 Å². The first-order valence-electron chi connectivity index (χ1n) is 6.00. The van der Waals surface area contributed by atoms with E-state index in [1.807, 2.05) is 30.3 Å². The van der Waals surface area contributed by atoms with Crippen molar-refractivity contribution >= 4 is 21.9 Å². The minimum atomic E-state index is -1.18. The molecule has 0 saturated carbocycles. The van der Waals surface area contributed by atoms with E-state index in [4.69, 9.17) is 4.74 Å². The molecule has 1 unspecified atom stereocenters. The number of rotatable bonds is 6. The summed E-state index contributed by atoms with van der Waals surface area (Å²) in [5, 5.41) is 10.2. The summed E-state index contributed by atoms with van der Waals surface area (Å²) in [6.07, 6.45) is -1.52. The molecule has 106 valence electrons. The highest BCUT2D eigenvalue weighted by Crippen LogP contribution is 2.27. The fraction of sp³-hybridized carbons (Fsp3) is 0.500. The number of ether oxygens (including phenoxy) is 2. The van der Waals surface area contributed by atoms with Crippen LogP contribution < -0.4 is 0 Å². The normalized spacial score (nSPS) is 17.3. The Morgan fingerprint density at radius 2 is 2.00 bits per heavy atom. The van der Waals surface area contributed by atoms with Crippen molar-refractivity contribution in [2.45, 2.75) is 37.0 Å². The van der Waals surface area contributed by atoms with Gasteiger partial charge in [-0.1, -0.05) is 46.3 Å². The first-order valence-corrected chi connectivity index (χ1v) is 6.79. The van der Waals surface area contributed by atoms with Gasteiger partial charge in [0.1, 0.15) is 10.4 Å². The fourth-order valence-electron chi connectivity index (χ4n) is 1.65. The predicted molar refractivity (Wildman–Crippen MR) is 76.0 cm³/mol. The van der Waals surface area contributed by atoms with E-state index in [1.54, 1.807) is 13.8 Å². The maximum absolute atomic E-state index is 11.6. The van der Waals surface area contributed by atoms with Crippen molar-refractivity contribution in [2.24, 2.45) is 0 Å². The molecule has 1 rings (SSSR count). The van der Waals surface area contributed by atoms with Crippen LogP contribution in [0.3, 0.4) is 0 Å². The third kappa shape index (κ3) is 4.30. The van der Waals surface area contributed by atoms with Gasteiger partial charge in [0.25, 0.3) is 0 Å². The van der Waals surface area contributed by atoms with E-state index in [1.165, 1.54) is 7.11 Å². The molecule has 0 bridgehead atoms. The molecule has 0 aliphatic rings. The molecule has 0 aromatic heterocycles. The van der Waals surface area contributed by atoms with E-state index in [0.29, 0.717) is 6.61 Å². The fourth-order valence-corrected chi connectivity index (χ4v) is 2.19. The average Bonchev–Trinajstić information content (AvgIpc) is 2.43. The summed E-state index contributed by atoms with van der Waals surface area (Å²) in [4.78, 5) is 11.6. The van der Waals surface area contributed by atoms with Crippen LogP contribution in [0, 0.1) is 0 Å². The zero-order valence-electron chi connectivity index (χ0n) is 11.3. The van der Waals surface area contributed by atoms with Gasteiger partial charge in [-0.05, 0) is 19.4 Å². The highest BCUT2D eigenvalue weighted by molar-refractivity contribution is 9.10. The van der Waals surface area contributed by atoms with Gasteiger partial charge in [-0.2, -0.15) is 0 Å². The van der Waals surface area contributed by atoms with Crippen molar-refractivity contribution < 1.29 is 19.4 Å². The lowest BCUT2D eigenvalue weighted by molar-refractivity contribution is -0.149. The van der Waals surface area contributed by atoms with Crippen LogP contribution in [0.1, 0.15) is 19.4 Å². The molecular weight excluding hydrogens is 312 g/mol. The molecule has 1 aromatic rings. The van der Waals surface area contributed by atoms with Crippen molar-refractivity contribution in [2.75, 3.05) is 7.11 Å². The molecule has 0 amide bonds. The van der Waals surface area contributed by atoms with Crippen LogP contribution in [0.2, 0.25) is 0 Å². The molecule has 0 aliphatic heterocycles. The van der Waals surface area contributed by atoms with Crippen LogP contribution in [-0.2, 0) is 20.9 Å². The number of esters is 1. The van der Waals surface area contributed by atoms with Crippen molar-refractivity contribution in [3.8, 4) is 0 Å². The molecular formula is C14H19BrO4. The van der Waals surface area contributed by atoms with Gasteiger partial charge < -0.3 is 14.6 Å². The lowest BCUT2D eigenvalue weighted by Gasteiger charge is -2.30. The van der Waals surface area contributed by atoms with E-state index in [9.17, 15) is 9.90 Å². The van der Waals surface area contributed by atoms with Crippen molar-refractivity contribution in [1.29, 1.82) is 0 Å². The molecule has 4 nitrogen and oxygen atoms in total. The quantitative estimate of drug-likeness (QED) is 0.642. The number of hydrogen-bond acceptors (Lipinski definition) is 4. The third-order valence-electron chi connectivity index (χ3n) is 2.94. The van der Waals surface area contributed by atoms with Gasteiger partial charge in [0.2, 0.25) is 0 Å². The van der Waals surface area contributed by atoms with Crippen LogP contribution in [0.5, 0.6) is 0 Å². The van der Waals surface area contributed by atoms with E-state index >= 15 is 0 Å². The monoisotopic (exact) mass is 330 g/mol. The molecule has 5 heteroatoms. The Labute approximate surface area is 121 Å². The van der Waals surface area contributed by atoms with Gasteiger partial charge in [0, 0.05) is 0 Å². The highest BCUT2D eigenvalue weighted by Gasteiger charge is 2.42. The van der Waals surface area contributed by atoms with E-state index < -0.39 is 22.5 Å². The van der Waals surface area contributed by atoms with E-state index in [0.717, 1.165) is 5.56 Å². The second-order valence-corrected chi connectivity index (χ2v) is 6.16. The lowest BCUT2D eigenvalue weighted by atomic mass is 10.0. The van der Waals surface area contributed by atoms with E-state index in [2.05, 4.69) is 20.7 Å². The maximum Gasteiger partial charge on any atom is 0.325 e. The van der Waals surface area contributed by atoms with Gasteiger partial charge in [-0.25, -0.2) is 0 Å². The number of benzene rings is 1. The summed E-state index contributed by atoms with van der Waals surface area (Å²) < 4.78 is 9.05. The minimum absolute atomic E-state index is 0.378.